The zero-order valence-corrected chi connectivity index (χ0v) is 22.2. The number of nitrogens with one attached hydrogen (secondary N) is 2. The first-order valence-corrected chi connectivity index (χ1v) is 13.1. The van der Waals surface area contributed by atoms with Crippen LogP contribution < -0.4 is 16.4 Å². The highest BCUT2D eigenvalue weighted by Gasteiger charge is 2.19. The van der Waals surface area contributed by atoms with Crippen LogP contribution in [-0.2, 0) is 22.4 Å². The van der Waals surface area contributed by atoms with E-state index in [2.05, 4.69) is 28.2 Å². The minimum absolute atomic E-state index is 0.142. The van der Waals surface area contributed by atoms with E-state index >= 15 is 0 Å². The fraction of sp³-hybridized carbons (Fsp3) is 0.448. The lowest BCUT2D eigenvalue weighted by Crippen LogP contribution is -2.38. The molecule has 0 radical (unpaired) electrons. The summed E-state index contributed by atoms with van der Waals surface area (Å²) in [6, 6.07) is 15.9. The molecule has 1 aliphatic rings. The molecule has 38 heavy (non-hydrogen) atoms. The fourth-order valence-corrected chi connectivity index (χ4v) is 4.54. The minimum Gasteiger partial charge on any atom is -0.408 e. The van der Waals surface area contributed by atoms with Crippen molar-refractivity contribution in [1.29, 1.82) is 5.26 Å². The van der Waals surface area contributed by atoms with Gasteiger partial charge in [0.05, 0.1) is 18.2 Å². The average molecular weight is 520 g/mol. The lowest BCUT2D eigenvalue weighted by atomic mass is 10.0. The Bertz CT molecular complexity index is 1300. The van der Waals surface area contributed by atoms with E-state index in [4.69, 9.17) is 13.9 Å². The maximum atomic E-state index is 12.5. The Morgan fingerprint density at radius 1 is 1.29 bits per heavy atom. The van der Waals surface area contributed by atoms with E-state index in [0.29, 0.717) is 44.9 Å². The molecular weight excluding hydrogens is 482 g/mol. The van der Waals surface area contributed by atoms with Gasteiger partial charge in [-0.1, -0.05) is 36.9 Å². The minimum atomic E-state index is -0.404. The second-order valence-corrected chi connectivity index (χ2v) is 9.67. The summed E-state index contributed by atoms with van der Waals surface area (Å²) in [5.74, 6) is -0.352. The van der Waals surface area contributed by atoms with Crippen LogP contribution in [0.5, 0.6) is 0 Å². The van der Waals surface area contributed by atoms with Crippen molar-refractivity contribution in [2.75, 3.05) is 53.6 Å². The number of nitriles is 1. The van der Waals surface area contributed by atoms with Gasteiger partial charge in [-0.05, 0) is 48.8 Å². The largest absolute Gasteiger partial charge is 0.419 e. The molecule has 0 saturated carbocycles. The summed E-state index contributed by atoms with van der Waals surface area (Å²) < 4.78 is 18.1. The van der Waals surface area contributed by atoms with Crippen molar-refractivity contribution < 1.29 is 13.9 Å². The van der Waals surface area contributed by atoms with Gasteiger partial charge < -0.3 is 29.4 Å². The van der Waals surface area contributed by atoms with Crippen LogP contribution in [0.3, 0.4) is 0 Å². The van der Waals surface area contributed by atoms with Gasteiger partial charge in [-0.2, -0.15) is 5.26 Å². The molecule has 0 unspecified atom stereocenters. The fourth-order valence-electron chi connectivity index (χ4n) is 4.54. The maximum absolute atomic E-state index is 12.5. The van der Waals surface area contributed by atoms with E-state index in [0.717, 1.165) is 47.4 Å². The highest BCUT2D eigenvalue weighted by molar-refractivity contribution is 5.80. The lowest BCUT2D eigenvalue weighted by Gasteiger charge is -2.22. The molecule has 1 aliphatic heterocycles. The molecular formula is C29H37N5O4. The van der Waals surface area contributed by atoms with E-state index in [-0.39, 0.29) is 11.9 Å². The average Bonchev–Trinajstić information content (AvgIpc) is 3.08. The molecule has 2 atom stereocenters. The second-order valence-electron chi connectivity index (χ2n) is 9.67. The maximum Gasteiger partial charge on any atom is 0.419 e. The molecule has 1 fully saturated rings. The number of aromatic nitrogens is 1. The first-order valence-electron chi connectivity index (χ1n) is 13.1. The van der Waals surface area contributed by atoms with E-state index in [9.17, 15) is 10.1 Å². The smallest absolute Gasteiger partial charge is 0.408 e. The van der Waals surface area contributed by atoms with Gasteiger partial charge in [0.15, 0.2) is 5.58 Å². The topological polar surface area (TPSA) is 105 Å². The van der Waals surface area contributed by atoms with Gasteiger partial charge in [-0.15, -0.1) is 0 Å². The molecule has 4 rings (SSSR count). The zero-order chi connectivity index (χ0) is 26.9. The molecule has 1 aromatic heterocycles. The quantitative estimate of drug-likeness (QED) is 0.377. The standard InChI is InChI=1S/C29H37N5O4/c1-21(28-20-31-11-4-15-37-28)32-25(19-30)17-22-5-7-23(8-6-22)24-9-10-27-26(18-24)34(29(35)38-27)13-12-33(2)14-16-36-3/h5-10,18,25,28,31-32H,1,4,11-17,20H2,2-3H3/t25-,28-/m0/s1. The third-order valence-corrected chi connectivity index (χ3v) is 6.83. The lowest BCUT2D eigenvalue weighted by molar-refractivity contribution is 0.0867. The Morgan fingerprint density at radius 3 is 2.84 bits per heavy atom. The third-order valence-electron chi connectivity index (χ3n) is 6.83. The summed E-state index contributed by atoms with van der Waals surface area (Å²) >= 11 is 0. The van der Waals surface area contributed by atoms with E-state index in [1.165, 1.54) is 0 Å². The van der Waals surface area contributed by atoms with Gasteiger partial charge in [-0.25, -0.2) is 4.79 Å². The first-order chi connectivity index (χ1) is 18.5. The molecule has 202 valence electrons. The number of oxazole rings is 1. The van der Waals surface area contributed by atoms with Gasteiger partial charge >= 0.3 is 5.76 Å². The summed E-state index contributed by atoms with van der Waals surface area (Å²) in [6.07, 6.45) is 1.37. The SMILES string of the molecule is C=C(N[C@H](C#N)Cc1ccc(-c2ccc3oc(=O)n(CCN(C)CCOC)c3c2)cc1)[C@@H]1CNCCCO1. The van der Waals surface area contributed by atoms with E-state index in [1.807, 2.05) is 49.5 Å². The molecule has 1 saturated heterocycles. The van der Waals surface area contributed by atoms with Gasteiger partial charge in [0.1, 0.15) is 12.1 Å². The van der Waals surface area contributed by atoms with E-state index in [1.54, 1.807) is 11.7 Å². The van der Waals surface area contributed by atoms with Gasteiger partial charge in [0.25, 0.3) is 0 Å². The highest BCUT2D eigenvalue weighted by Crippen LogP contribution is 2.25. The molecule has 2 aromatic carbocycles. The molecule has 3 aromatic rings. The normalized spacial score (nSPS) is 16.7. The van der Waals surface area contributed by atoms with Crippen molar-refractivity contribution in [3.8, 4) is 17.2 Å². The summed E-state index contributed by atoms with van der Waals surface area (Å²) in [4.78, 5) is 14.6. The van der Waals surface area contributed by atoms with Gasteiger partial charge in [0.2, 0.25) is 0 Å². The van der Waals surface area contributed by atoms with Crippen LogP contribution >= 0.6 is 0 Å². The highest BCUT2D eigenvalue weighted by atomic mass is 16.5. The van der Waals surface area contributed by atoms with Crippen LogP contribution in [0.4, 0.5) is 0 Å². The van der Waals surface area contributed by atoms with Crippen LogP contribution in [0.25, 0.3) is 22.2 Å². The van der Waals surface area contributed by atoms with Crippen molar-refractivity contribution in [2.45, 2.75) is 31.5 Å². The predicted octanol–water partition coefficient (Wildman–Crippen LogP) is 2.76. The molecule has 2 heterocycles. The Balaban J connectivity index is 1.42. The van der Waals surface area contributed by atoms with Crippen molar-refractivity contribution in [3.05, 3.63) is 70.9 Å². The molecule has 9 heteroatoms. The Hall–Kier alpha value is -3.42. The number of nitrogens with zero attached hydrogens (tertiary/aromatic N) is 3. The Labute approximate surface area is 223 Å². The van der Waals surface area contributed by atoms with Crippen molar-refractivity contribution in [1.82, 2.24) is 20.1 Å². The van der Waals surface area contributed by atoms with Crippen LogP contribution in [0.1, 0.15) is 12.0 Å². The van der Waals surface area contributed by atoms with Crippen molar-refractivity contribution in [2.24, 2.45) is 0 Å². The molecule has 2 N–H and O–H groups in total. The molecule has 0 amide bonds. The summed E-state index contributed by atoms with van der Waals surface area (Å²) in [5.41, 5.74) is 5.14. The van der Waals surface area contributed by atoms with Crippen LogP contribution in [0.2, 0.25) is 0 Å². The third kappa shape index (κ3) is 7.11. The Kier molecular flexibility index (Phi) is 9.73. The van der Waals surface area contributed by atoms with Crippen LogP contribution in [-0.4, -0.2) is 75.2 Å². The number of methoxy groups -OCH3 is 1. The number of ether oxygens (including phenoxy) is 2. The zero-order valence-electron chi connectivity index (χ0n) is 22.2. The van der Waals surface area contributed by atoms with Gasteiger partial charge in [-0.3, -0.25) is 4.57 Å². The molecule has 0 aliphatic carbocycles. The van der Waals surface area contributed by atoms with Crippen LogP contribution in [0.15, 0.2) is 64.0 Å². The molecule has 9 nitrogen and oxygen atoms in total. The van der Waals surface area contributed by atoms with Crippen molar-refractivity contribution >= 4 is 11.1 Å². The first kappa shape index (κ1) is 27.6. The second kappa shape index (κ2) is 13.4. The number of hydrogen-bond acceptors (Lipinski definition) is 8. The molecule has 0 spiro atoms. The summed E-state index contributed by atoms with van der Waals surface area (Å²) in [6.45, 7) is 9.08. The predicted molar refractivity (Wildman–Crippen MR) is 148 cm³/mol. The van der Waals surface area contributed by atoms with Crippen molar-refractivity contribution in [3.63, 3.8) is 0 Å². The number of hydrogen-bond donors (Lipinski definition) is 2. The monoisotopic (exact) mass is 519 g/mol. The number of benzene rings is 2. The number of likely N-dealkylation sites (N-methyl/N-ethyl adjacent to an activating group) is 1. The van der Waals surface area contributed by atoms with Gasteiger partial charge in [0, 0.05) is 52.0 Å². The Morgan fingerprint density at radius 2 is 2.08 bits per heavy atom. The summed E-state index contributed by atoms with van der Waals surface area (Å²) in [5, 5.41) is 16.3. The van der Waals surface area contributed by atoms with E-state index < -0.39 is 6.04 Å². The summed E-state index contributed by atoms with van der Waals surface area (Å²) in [7, 11) is 3.68. The number of rotatable bonds is 12. The number of fused-ring (bicyclic) bond motifs is 1. The van der Waals surface area contributed by atoms with Crippen LogP contribution in [0, 0.1) is 11.3 Å². The molecule has 0 bridgehead atoms.